The number of nitrogens with zero attached hydrogens (tertiary/aromatic N) is 2. The SMILES string of the molecule is Cc1ccc(CNC(=O)c2ccc(Cn3c(=O)c4ccccc4n(CC(=O)NCCC4=CCCCC4)c3=O)cc2)cc1. The molecule has 0 atom stereocenters. The Hall–Kier alpha value is -4.72. The molecule has 2 N–H and O–H groups in total. The summed E-state index contributed by atoms with van der Waals surface area (Å²) in [7, 11) is 0. The molecule has 1 aliphatic carbocycles. The van der Waals surface area contributed by atoms with Crippen molar-refractivity contribution in [2.45, 2.75) is 58.7 Å². The predicted octanol–water partition coefficient (Wildman–Crippen LogP) is 4.46. The molecule has 42 heavy (non-hydrogen) atoms. The Morgan fingerprint density at radius 3 is 2.31 bits per heavy atom. The summed E-state index contributed by atoms with van der Waals surface area (Å²) in [6, 6.07) is 21.6. The molecule has 3 aromatic carbocycles. The van der Waals surface area contributed by atoms with E-state index in [-0.39, 0.29) is 24.9 Å². The molecule has 216 valence electrons. The van der Waals surface area contributed by atoms with Crippen molar-refractivity contribution >= 4 is 22.7 Å². The maximum absolute atomic E-state index is 13.6. The number of hydrogen-bond acceptors (Lipinski definition) is 4. The number of carbonyl (C=O) groups is 2. The molecule has 4 aromatic rings. The number of fused-ring (bicyclic) bond motifs is 1. The van der Waals surface area contributed by atoms with Gasteiger partial charge in [0.2, 0.25) is 5.91 Å². The summed E-state index contributed by atoms with van der Waals surface area (Å²) in [4.78, 5) is 52.4. The lowest BCUT2D eigenvalue weighted by Gasteiger charge is -2.15. The molecule has 0 spiro atoms. The normalized spacial score (nSPS) is 13.0. The van der Waals surface area contributed by atoms with Crippen molar-refractivity contribution in [3.05, 3.63) is 128 Å². The smallest absolute Gasteiger partial charge is 0.332 e. The zero-order valence-electron chi connectivity index (χ0n) is 23.9. The first kappa shape index (κ1) is 28.8. The van der Waals surface area contributed by atoms with Crippen molar-refractivity contribution in [1.82, 2.24) is 19.8 Å². The molecular formula is C34H36N4O4. The van der Waals surface area contributed by atoms with E-state index in [9.17, 15) is 19.2 Å². The highest BCUT2D eigenvalue weighted by Crippen LogP contribution is 2.19. The highest BCUT2D eigenvalue weighted by Gasteiger charge is 2.16. The molecule has 1 aliphatic rings. The van der Waals surface area contributed by atoms with Crippen LogP contribution in [0.15, 0.2) is 94.0 Å². The second-order valence-electron chi connectivity index (χ2n) is 10.9. The minimum atomic E-state index is -0.552. The quantitative estimate of drug-likeness (QED) is 0.278. The van der Waals surface area contributed by atoms with Crippen LogP contribution in [0.5, 0.6) is 0 Å². The van der Waals surface area contributed by atoms with Gasteiger partial charge in [0.1, 0.15) is 6.54 Å². The van der Waals surface area contributed by atoms with Gasteiger partial charge in [0.25, 0.3) is 11.5 Å². The van der Waals surface area contributed by atoms with E-state index in [1.54, 1.807) is 48.5 Å². The van der Waals surface area contributed by atoms with Gasteiger partial charge in [0, 0.05) is 18.7 Å². The van der Waals surface area contributed by atoms with Crippen LogP contribution < -0.4 is 21.9 Å². The molecule has 1 aromatic heterocycles. The third kappa shape index (κ3) is 6.94. The van der Waals surface area contributed by atoms with E-state index in [0.717, 1.165) is 35.0 Å². The Bertz CT molecular complexity index is 1730. The minimum Gasteiger partial charge on any atom is -0.354 e. The standard InChI is InChI=1S/C34H36N4O4/c1-24-11-13-26(14-12-24)21-36-32(40)28-17-15-27(16-18-28)22-38-33(41)29-9-5-6-10-30(29)37(34(38)42)23-31(39)35-20-19-25-7-3-2-4-8-25/h5-7,9-18H,2-4,8,19-23H2,1H3,(H,35,39)(H,36,40). The summed E-state index contributed by atoms with van der Waals surface area (Å²) < 4.78 is 2.51. The summed E-state index contributed by atoms with van der Waals surface area (Å²) in [6.45, 7) is 2.78. The number of allylic oxidation sites excluding steroid dienone is 1. The lowest BCUT2D eigenvalue weighted by molar-refractivity contribution is -0.121. The van der Waals surface area contributed by atoms with Crippen LogP contribution >= 0.6 is 0 Å². The van der Waals surface area contributed by atoms with Crippen LogP contribution in [0.25, 0.3) is 10.9 Å². The van der Waals surface area contributed by atoms with Crippen LogP contribution in [0.4, 0.5) is 0 Å². The highest BCUT2D eigenvalue weighted by molar-refractivity contribution is 5.94. The second kappa shape index (κ2) is 13.3. The summed E-state index contributed by atoms with van der Waals surface area (Å²) in [6.07, 6.45) is 7.64. The third-order valence-electron chi connectivity index (χ3n) is 7.72. The zero-order chi connectivity index (χ0) is 29.5. The number of carbonyl (C=O) groups excluding carboxylic acids is 2. The Labute approximate surface area is 244 Å². The fourth-order valence-electron chi connectivity index (χ4n) is 5.29. The molecule has 8 heteroatoms. The largest absolute Gasteiger partial charge is 0.354 e. The zero-order valence-corrected chi connectivity index (χ0v) is 23.9. The summed E-state index contributed by atoms with van der Waals surface area (Å²) >= 11 is 0. The van der Waals surface area contributed by atoms with Gasteiger partial charge in [-0.2, -0.15) is 0 Å². The molecule has 2 amide bonds. The third-order valence-corrected chi connectivity index (χ3v) is 7.72. The molecule has 1 heterocycles. The Balaban J connectivity index is 1.30. The molecule has 0 aliphatic heterocycles. The Kier molecular flexibility index (Phi) is 9.12. The van der Waals surface area contributed by atoms with Gasteiger partial charge in [0.15, 0.2) is 0 Å². The first-order chi connectivity index (χ1) is 20.4. The Morgan fingerprint density at radius 1 is 0.833 bits per heavy atom. The molecular weight excluding hydrogens is 528 g/mol. The van der Waals surface area contributed by atoms with Crippen molar-refractivity contribution in [2.75, 3.05) is 6.54 Å². The van der Waals surface area contributed by atoms with E-state index in [1.807, 2.05) is 31.2 Å². The van der Waals surface area contributed by atoms with Crippen molar-refractivity contribution in [2.24, 2.45) is 0 Å². The van der Waals surface area contributed by atoms with Gasteiger partial charge in [0.05, 0.1) is 17.4 Å². The molecule has 0 unspecified atom stereocenters. The van der Waals surface area contributed by atoms with Crippen LogP contribution in [0, 0.1) is 6.92 Å². The predicted molar refractivity (Wildman–Crippen MR) is 165 cm³/mol. The van der Waals surface area contributed by atoms with Gasteiger partial charge < -0.3 is 10.6 Å². The number of hydrogen-bond donors (Lipinski definition) is 2. The number of rotatable bonds is 10. The van der Waals surface area contributed by atoms with E-state index in [0.29, 0.717) is 35.1 Å². The number of amides is 2. The number of para-hydroxylation sites is 1. The molecule has 5 rings (SSSR count). The topological polar surface area (TPSA) is 102 Å². The first-order valence-corrected chi connectivity index (χ1v) is 14.5. The van der Waals surface area contributed by atoms with Gasteiger partial charge >= 0.3 is 5.69 Å². The van der Waals surface area contributed by atoms with Crippen LogP contribution in [-0.2, 0) is 24.4 Å². The average Bonchev–Trinajstić information content (AvgIpc) is 3.02. The van der Waals surface area contributed by atoms with Gasteiger partial charge in [-0.05, 0) is 74.4 Å². The van der Waals surface area contributed by atoms with Gasteiger partial charge in [-0.1, -0.05) is 65.7 Å². The first-order valence-electron chi connectivity index (χ1n) is 14.5. The van der Waals surface area contributed by atoms with Gasteiger partial charge in [-0.15, -0.1) is 0 Å². The van der Waals surface area contributed by atoms with Crippen molar-refractivity contribution in [3.63, 3.8) is 0 Å². The number of aryl methyl sites for hydroxylation is 1. The summed E-state index contributed by atoms with van der Waals surface area (Å²) in [5, 5.41) is 6.21. The van der Waals surface area contributed by atoms with Crippen molar-refractivity contribution in [3.8, 4) is 0 Å². The van der Waals surface area contributed by atoms with Crippen LogP contribution in [0.3, 0.4) is 0 Å². The van der Waals surface area contributed by atoms with E-state index in [4.69, 9.17) is 0 Å². The summed E-state index contributed by atoms with van der Waals surface area (Å²) in [5.74, 6) is -0.483. The monoisotopic (exact) mass is 564 g/mol. The van der Waals surface area contributed by atoms with Crippen LogP contribution in [0.1, 0.15) is 59.2 Å². The molecule has 8 nitrogen and oxygen atoms in total. The number of benzene rings is 3. The molecule has 0 saturated carbocycles. The lowest BCUT2D eigenvalue weighted by Crippen LogP contribution is -2.43. The highest BCUT2D eigenvalue weighted by atomic mass is 16.2. The van der Waals surface area contributed by atoms with Crippen LogP contribution in [0.2, 0.25) is 0 Å². The Morgan fingerprint density at radius 2 is 1.57 bits per heavy atom. The second-order valence-corrected chi connectivity index (χ2v) is 10.9. The average molecular weight is 565 g/mol. The van der Waals surface area contributed by atoms with Gasteiger partial charge in [-0.25, -0.2) is 4.79 Å². The minimum absolute atomic E-state index is 0.0174. The number of nitrogens with one attached hydrogen (secondary N) is 2. The molecule has 0 fully saturated rings. The van der Waals surface area contributed by atoms with Crippen LogP contribution in [-0.4, -0.2) is 27.5 Å². The lowest BCUT2D eigenvalue weighted by atomic mass is 9.97. The molecule has 0 radical (unpaired) electrons. The fraction of sp³-hybridized carbons (Fsp3) is 0.294. The van der Waals surface area contributed by atoms with E-state index >= 15 is 0 Å². The molecule has 0 saturated heterocycles. The molecule has 0 bridgehead atoms. The maximum atomic E-state index is 13.6. The maximum Gasteiger partial charge on any atom is 0.332 e. The van der Waals surface area contributed by atoms with Crippen molar-refractivity contribution in [1.29, 1.82) is 0 Å². The van der Waals surface area contributed by atoms with E-state index in [1.165, 1.54) is 23.0 Å². The van der Waals surface area contributed by atoms with E-state index < -0.39 is 11.2 Å². The number of aromatic nitrogens is 2. The van der Waals surface area contributed by atoms with E-state index in [2.05, 4.69) is 16.7 Å². The fourth-order valence-corrected chi connectivity index (χ4v) is 5.29. The van der Waals surface area contributed by atoms with Crippen molar-refractivity contribution < 1.29 is 9.59 Å². The summed E-state index contributed by atoms with van der Waals surface area (Å²) in [5.41, 5.74) is 4.16. The van der Waals surface area contributed by atoms with Gasteiger partial charge in [-0.3, -0.25) is 23.5 Å².